The van der Waals surface area contributed by atoms with Crippen molar-refractivity contribution >= 4 is 17.8 Å². The molecule has 0 bridgehead atoms. The number of nitrogens with zero attached hydrogens (tertiary/aromatic N) is 2. The quantitative estimate of drug-likeness (QED) is 0.676. The van der Waals surface area contributed by atoms with Gasteiger partial charge in [0.1, 0.15) is 11.8 Å². The van der Waals surface area contributed by atoms with E-state index < -0.39 is 6.04 Å². The van der Waals surface area contributed by atoms with Gasteiger partial charge in [-0.3, -0.25) is 9.59 Å². The van der Waals surface area contributed by atoms with Crippen molar-refractivity contribution in [2.24, 2.45) is 5.92 Å². The van der Waals surface area contributed by atoms with Crippen LogP contribution in [0.3, 0.4) is 0 Å². The average molecular weight is 419 g/mol. The fraction of sp³-hybridized carbons (Fsp3) is 0.591. The zero-order valence-corrected chi connectivity index (χ0v) is 18.4. The summed E-state index contributed by atoms with van der Waals surface area (Å²) >= 11 is 0. The lowest BCUT2D eigenvalue weighted by Gasteiger charge is -2.37. The molecule has 1 aromatic carbocycles. The summed E-state index contributed by atoms with van der Waals surface area (Å²) in [6, 6.07) is 6.18. The van der Waals surface area contributed by atoms with Crippen molar-refractivity contribution in [2.75, 3.05) is 39.8 Å². The molecule has 8 nitrogen and oxygen atoms in total. The minimum Gasteiger partial charge on any atom is -0.497 e. The minimum absolute atomic E-state index is 0.0293. The Morgan fingerprint density at radius 2 is 1.83 bits per heavy atom. The number of likely N-dealkylation sites (N-methyl/N-ethyl adjacent to an activating group) is 1. The SMILES string of the molecule is CCNC(=O)N1CCC([C@H](NC(=O)c2cccc(OC)c2)C(=O)N(CC)CC)CC1. The third-order valence-electron chi connectivity index (χ3n) is 5.59. The summed E-state index contributed by atoms with van der Waals surface area (Å²) in [6.07, 6.45) is 1.32. The monoisotopic (exact) mass is 418 g/mol. The Morgan fingerprint density at radius 1 is 1.17 bits per heavy atom. The molecule has 1 heterocycles. The number of piperidine rings is 1. The van der Waals surface area contributed by atoms with Crippen LogP contribution in [0.4, 0.5) is 4.79 Å². The van der Waals surface area contributed by atoms with E-state index in [0.717, 1.165) is 0 Å². The molecule has 166 valence electrons. The zero-order chi connectivity index (χ0) is 22.1. The molecule has 1 atom stereocenters. The van der Waals surface area contributed by atoms with E-state index in [1.807, 2.05) is 20.8 Å². The van der Waals surface area contributed by atoms with Crippen LogP contribution < -0.4 is 15.4 Å². The van der Waals surface area contributed by atoms with Crippen LogP contribution in [0.5, 0.6) is 5.75 Å². The van der Waals surface area contributed by atoms with Gasteiger partial charge in [-0.1, -0.05) is 6.07 Å². The van der Waals surface area contributed by atoms with Gasteiger partial charge in [0.15, 0.2) is 0 Å². The van der Waals surface area contributed by atoms with Gasteiger partial charge in [-0.05, 0) is 57.7 Å². The summed E-state index contributed by atoms with van der Waals surface area (Å²) in [4.78, 5) is 41.7. The third kappa shape index (κ3) is 5.87. The van der Waals surface area contributed by atoms with Crippen molar-refractivity contribution in [3.05, 3.63) is 29.8 Å². The standard InChI is InChI=1S/C22H34N4O4/c1-5-23-22(29)26-13-11-16(12-14-26)19(21(28)25(6-2)7-3)24-20(27)17-9-8-10-18(15-17)30-4/h8-10,15-16,19H,5-7,11-14H2,1-4H3,(H,23,29)(H,24,27)/t19-/m0/s1. The maximum Gasteiger partial charge on any atom is 0.317 e. The Hall–Kier alpha value is -2.77. The zero-order valence-electron chi connectivity index (χ0n) is 18.4. The van der Waals surface area contributed by atoms with Crippen LogP contribution in [0.25, 0.3) is 0 Å². The predicted molar refractivity (Wildman–Crippen MR) is 116 cm³/mol. The third-order valence-corrected chi connectivity index (χ3v) is 5.59. The van der Waals surface area contributed by atoms with E-state index in [4.69, 9.17) is 4.74 Å². The highest BCUT2D eigenvalue weighted by molar-refractivity contribution is 5.98. The van der Waals surface area contributed by atoms with E-state index in [9.17, 15) is 14.4 Å². The summed E-state index contributed by atoms with van der Waals surface area (Å²) in [6.45, 7) is 8.62. The number of likely N-dealkylation sites (tertiary alicyclic amines) is 1. The van der Waals surface area contributed by atoms with Crippen molar-refractivity contribution in [3.63, 3.8) is 0 Å². The lowest BCUT2D eigenvalue weighted by Crippen LogP contribution is -2.55. The Morgan fingerprint density at radius 3 is 2.40 bits per heavy atom. The molecule has 0 spiro atoms. The molecule has 8 heteroatoms. The van der Waals surface area contributed by atoms with Gasteiger partial charge >= 0.3 is 6.03 Å². The van der Waals surface area contributed by atoms with E-state index in [1.165, 1.54) is 0 Å². The average Bonchev–Trinajstić information content (AvgIpc) is 2.78. The maximum absolute atomic E-state index is 13.2. The number of methoxy groups -OCH3 is 1. The first-order valence-electron chi connectivity index (χ1n) is 10.7. The van der Waals surface area contributed by atoms with E-state index in [0.29, 0.717) is 56.9 Å². The van der Waals surface area contributed by atoms with E-state index in [2.05, 4.69) is 10.6 Å². The van der Waals surface area contributed by atoms with Crippen LogP contribution in [-0.2, 0) is 4.79 Å². The molecule has 0 saturated carbocycles. The molecule has 0 unspecified atom stereocenters. The van der Waals surface area contributed by atoms with Crippen LogP contribution in [-0.4, -0.2) is 73.5 Å². The van der Waals surface area contributed by atoms with Crippen LogP contribution in [0.15, 0.2) is 24.3 Å². The minimum atomic E-state index is -0.625. The number of carbonyl (C=O) groups is 3. The predicted octanol–water partition coefficient (Wildman–Crippen LogP) is 2.10. The van der Waals surface area contributed by atoms with Gasteiger partial charge in [-0.15, -0.1) is 0 Å². The van der Waals surface area contributed by atoms with E-state index in [1.54, 1.807) is 41.2 Å². The summed E-state index contributed by atoms with van der Waals surface area (Å²) in [7, 11) is 1.55. The number of amides is 4. The number of urea groups is 1. The molecule has 0 aromatic heterocycles. The van der Waals surface area contributed by atoms with Gasteiger partial charge in [0.2, 0.25) is 5.91 Å². The molecule has 0 aliphatic carbocycles. The number of nitrogens with one attached hydrogen (secondary N) is 2. The molecule has 1 aromatic rings. The molecule has 4 amide bonds. The van der Waals surface area contributed by atoms with Crippen molar-refractivity contribution < 1.29 is 19.1 Å². The number of ether oxygens (including phenoxy) is 1. The van der Waals surface area contributed by atoms with Gasteiger partial charge in [-0.25, -0.2) is 4.79 Å². The second-order valence-corrected chi connectivity index (χ2v) is 7.35. The highest BCUT2D eigenvalue weighted by atomic mass is 16.5. The topological polar surface area (TPSA) is 91.0 Å². The Bertz CT molecular complexity index is 728. The first-order chi connectivity index (χ1) is 14.4. The van der Waals surface area contributed by atoms with Gasteiger partial charge in [0.25, 0.3) is 5.91 Å². The first-order valence-corrected chi connectivity index (χ1v) is 10.7. The van der Waals surface area contributed by atoms with Gasteiger partial charge < -0.3 is 25.2 Å². The Labute approximate surface area is 178 Å². The van der Waals surface area contributed by atoms with Gasteiger partial charge in [0, 0.05) is 38.3 Å². The van der Waals surface area contributed by atoms with Crippen LogP contribution in [0, 0.1) is 5.92 Å². The second kappa shape index (κ2) is 11.4. The maximum atomic E-state index is 13.2. The van der Waals surface area contributed by atoms with Crippen molar-refractivity contribution in [2.45, 2.75) is 39.7 Å². The highest BCUT2D eigenvalue weighted by Crippen LogP contribution is 2.23. The molecule has 0 radical (unpaired) electrons. The lowest BCUT2D eigenvalue weighted by molar-refractivity contribution is -0.134. The van der Waals surface area contributed by atoms with Gasteiger partial charge in [0.05, 0.1) is 7.11 Å². The second-order valence-electron chi connectivity index (χ2n) is 7.35. The van der Waals surface area contributed by atoms with Crippen LogP contribution >= 0.6 is 0 Å². The van der Waals surface area contributed by atoms with Gasteiger partial charge in [-0.2, -0.15) is 0 Å². The number of hydrogen-bond donors (Lipinski definition) is 2. The van der Waals surface area contributed by atoms with E-state index in [-0.39, 0.29) is 23.8 Å². The summed E-state index contributed by atoms with van der Waals surface area (Å²) in [5.41, 5.74) is 0.450. The van der Waals surface area contributed by atoms with E-state index >= 15 is 0 Å². The summed E-state index contributed by atoms with van der Waals surface area (Å²) in [5, 5.41) is 5.78. The fourth-order valence-corrected chi connectivity index (χ4v) is 3.80. The van der Waals surface area contributed by atoms with Crippen LogP contribution in [0.2, 0.25) is 0 Å². The molecule has 1 aliphatic heterocycles. The number of rotatable bonds is 8. The van der Waals surface area contributed by atoms with Crippen molar-refractivity contribution in [3.8, 4) is 5.75 Å². The Balaban J connectivity index is 2.16. The smallest absolute Gasteiger partial charge is 0.317 e. The van der Waals surface area contributed by atoms with Crippen LogP contribution in [0.1, 0.15) is 44.0 Å². The number of hydrogen-bond acceptors (Lipinski definition) is 4. The molecule has 30 heavy (non-hydrogen) atoms. The molecule has 1 saturated heterocycles. The highest BCUT2D eigenvalue weighted by Gasteiger charge is 2.35. The van der Waals surface area contributed by atoms with Crippen molar-refractivity contribution in [1.29, 1.82) is 0 Å². The lowest BCUT2D eigenvalue weighted by atomic mass is 9.88. The molecular formula is C22H34N4O4. The first kappa shape index (κ1) is 23.5. The molecule has 1 fully saturated rings. The summed E-state index contributed by atoms with van der Waals surface area (Å²) < 4.78 is 5.20. The molecule has 1 aliphatic rings. The van der Waals surface area contributed by atoms with Crippen molar-refractivity contribution in [1.82, 2.24) is 20.4 Å². The number of carbonyl (C=O) groups excluding carboxylic acids is 3. The normalized spacial score (nSPS) is 15.3. The molecule has 2 rings (SSSR count). The fourth-order valence-electron chi connectivity index (χ4n) is 3.80. The largest absolute Gasteiger partial charge is 0.497 e. The summed E-state index contributed by atoms with van der Waals surface area (Å²) in [5.74, 6) is 0.182. The molecular weight excluding hydrogens is 384 g/mol. The molecule has 2 N–H and O–H groups in total. The Kier molecular flexibility index (Phi) is 8.95. The number of benzene rings is 1.